The maximum Gasteiger partial charge on any atom is 0.258 e. The molecule has 1 fully saturated rings. The minimum atomic E-state index is -0.0677. The highest BCUT2D eigenvalue weighted by Crippen LogP contribution is 2.45. The largest absolute Gasteiger partial charge is 0.272 e. The van der Waals surface area contributed by atoms with E-state index in [9.17, 15) is 4.79 Å². The lowest BCUT2D eigenvalue weighted by molar-refractivity contribution is -0.115. The first-order valence-electron chi connectivity index (χ1n) is 9.72. The first-order chi connectivity index (χ1) is 13.8. The Morgan fingerprint density at radius 2 is 1.79 bits per heavy atom. The molecule has 1 aliphatic carbocycles. The molecule has 1 amide bonds. The highest BCUT2D eigenvalue weighted by atomic mass is 32.2. The molecular formula is C23H21N3OS. The molecule has 0 aromatic heterocycles. The summed E-state index contributed by atoms with van der Waals surface area (Å²) in [6, 6.07) is 21.1. The van der Waals surface area contributed by atoms with E-state index in [1.165, 1.54) is 28.5 Å². The van der Waals surface area contributed by atoms with Crippen molar-refractivity contribution in [3.05, 3.63) is 77.4 Å². The van der Waals surface area contributed by atoms with Crippen molar-refractivity contribution in [1.29, 1.82) is 0 Å². The van der Waals surface area contributed by atoms with Crippen LogP contribution < -0.4 is 0 Å². The number of carbonyl (C=O) groups excluding carboxylic acids is 1. The summed E-state index contributed by atoms with van der Waals surface area (Å²) in [7, 11) is 0. The van der Waals surface area contributed by atoms with Crippen molar-refractivity contribution < 1.29 is 4.79 Å². The van der Waals surface area contributed by atoms with Gasteiger partial charge in [-0.25, -0.2) is 5.01 Å². The van der Waals surface area contributed by atoms with Gasteiger partial charge in [-0.05, 0) is 42.0 Å². The van der Waals surface area contributed by atoms with Crippen LogP contribution in [0, 0.1) is 5.92 Å². The zero-order valence-corrected chi connectivity index (χ0v) is 16.3. The van der Waals surface area contributed by atoms with Gasteiger partial charge in [0.1, 0.15) is 0 Å². The lowest BCUT2D eigenvalue weighted by atomic mass is 9.77. The van der Waals surface area contributed by atoms with Gasteiger partial charge in [0.25, 0.3) is 5.91 Å². The summed E-state index contributed by atoms with van der Waals surface area (Å²) in [6.45, 7) is 0. The van der Waals surface area contributed by atoms with Crippen LogP contribution in [0.2, 0.25) is 0 Å². The van der Waals surface area contributed by atoms with Gasteiger partial charge in [0, 0.05) is 5.92 Å². The van der Waals surface area contributed by atoms with Crippen LogP contribution >= 0.6 is 11.8 Å². The first-order valence-corrected chi connectivity index (χ1v) is 10.7. The molecule has 0 saturated heterocycles. The van der Waals surface area contributed by atoms with Gasteiger partial charge < -0.3 is 0 Å². The Bertz CT molecular complexity index is 981. The summed E-state index contributed by atoms with van der Waals surface area (Å²) in [5.41, 5.74) is 4.90. The van der Waals surface area contributed by atoms with Crippen molar-refractivity contribution in [1.82, 2.24) is 5.01 Å². The smallest absolute Gasteiger partial charge is 0.258 e. The van der Waals surface area contributed by atoms with Crippen LogP contribution in [0.1, 0.15) is 36.4 Å². The lowest BCUT2D eigenvalue weighted by Crippen LogP contribution is -2.30. The van der Waals surface area contributed by atoms with Gasteiger partial charge in [-0.1, -0.05) is 72.4 Å². The molecule has 2 aromatic carbocycles. The molecule has 2 heterocycles. The molecule has 0 bridgehead atoms. The van der Waals surface area contributed by atoms with E-state index in [1.54, 1.807) is 0 Å². The van der Waals surface area contributed by atoms with Crippen LogP contribution in [-0.4, -0.2) is 27.5 Å². The number of carbonyl (C=O) groups is 1. The number of aliphatic imine (C=N–C) groups is 1. The third-order valence-corrected chi connectivity index (χ3v) is 6.45. The fourth-order valence-corrected chi connectivity index (χ4v) is 5.08. The predicted molar refractivity (Wildman–Crippen MR) is 115 cm³/mol. The summed E-state index contributed by atoms with van der Waals surface area (Å²) in [6.07, 6.45) is 5.56. The Morgan fingerprint density at radius 3 is 2.50 bits per heavy atom. The standard InChI is InChI=1S/C23H21N3OS/c27-20-15-28-23(24-20)26-22(17-10-5-2-6-11-17)19-13-7-12-18(21(19)25-26)14-16-8-3-1-4-9-16/h1-6,8-11,14,19,22H,7,12-13,15H2/b18-14-/t19-,22-/m0/s1. The molecule has 0 radical (unpaired) electrons. The molecule has 2 atom stereocenters. The molecular weight excluding hydrogens is 366 g/mol. The first kappa shape index (κ1) is 17.4. The van der Waals surface area contributed by atoms with Crippen molar-refractivity contribution in [3.63, 3.8) is 0 Å². The second-order valence-corrected chi connectivity index (χ2v) is 8.28. The summed E-state index contributed by atoms with van der Waals surface area (Å²) >= 11 is 1.50. The number of hydrogen-bond acceptors (Lipinski definition) is 4. The molecule has 5 rings (SSSR count). The van der Waals surface area contributed by atoms with Gasteiger partial charge >= 0.3 is 0 Å². The minimum absolute atomic E-state index is 0.0677. The Morgan fingerprint density at radius 1 is 1.04 bits per heavy atom. The second kappa shape index (κ2) is 7.40. The van der Waals surface area contributed by atoms with Crippen molar-refractivity contribution in [2.24, 2.45) is 16.0 Å². The number of fused-ring (bicyclic) bond motifs is 1. The lowest BCUT2D eigenvalue weighted by Gasteiger charge is -2.30. The topological polar surface area (TPSA) is 45.0 Å². The number of thioether (sulfide) groups is 1. The summed E-state index contributed by atoms with van der Waals surface area (Å²) in [5, 5.41) is 7.78. The molecule has 0 unspecified atom stereocenters. The van der Waals surface area contributed by atoms with E-state index >= 15 is 0 Å². The molecule has 140 valence electrons. The summed E-state index contributed by atoms with van der Waals surface area (Å²) < 4.78 is 0. The van der Waals surface area contributed by atoms with Crippen LogP contribution in [-0.2, 0) is 4.79 Å². The van der Waals surface area contributed by atoms with Crippen LogP contribution in [0.15, 0.2) is 76.3 Å². The van der Waals surface area contributed by atoms with Crippen LogP contribution in [0.3, 0.4) is 0 Å². The Kier molecular flexibility index (Phi) is 4.61. The van der Waals surface area contributed by atoms with Gasteiger partial charge in [-0.15, -0.1) is 0 Å². The number of amidine groups is 1. The number of hydrazone groups is 1. The third-order valence-electron chi connectivity index (χ3n) is 5.52. The minimum Gasteiger partial charge on any atom is -0.272 e. The molecule has 4 nitrogen and oxygen atoms in total. The molecule has 1 saturated carbocycles. The molecule has 0 spiro atoms. The SMILES string of the molecule is O=C1CSC(N2N=C3/C(=C\c4ccccc4)CCC[C@@H]3[C@@H]2c2ccccc2)=N1. The average Bonchev–Trinajstić information content (AvgIpc) is 3.33. The number of amides is 1. The third kappa shape index (κ3) is 3.20. The van der Waals surface area contributed by atoms with Gasteiger partial charge in [0.15, 0.2) is 5.17 Å². The molecule has 28 heavy (non-hydrogen) atoms. The van der Waals surface area contributed by atoms with Crippen molar-refractivity contribution >= 4 is 34.6 Å². The van der Waals surface area contributed by atoms with E-state index in [1.807, 2.05) is 17.1 Å². The molecule has 2 aromatic rings. The quantitative estimate of drug-likeness (QED) is 0.735. The van der Waals surface area contributed by atoms with Gasteiger partial charge in [-0.2, -0.15) is 10.1 Å². The highest BCUT2D eigenvalue weighted by molar-refractivity contribution is 8.14. The maximum atomic E-state index is 11.8. The van der Waals surface area contributed by atoms with E-state index in [0.717, 1.165) is 30.1 Å². The monoisotopic (exact) mass is 387 g/mol. The van der Waals surface area contributed by atoms with Crippen LogP contribution in [0.25, 0.3) is 6.08 Å². The zero-order chi connectivity index (χ0) is 18.9. The number of hydrogen-bond donors (Lipinski definition) is 0. The van der Waals surface area contributed by atoms with E-state index in [0.29, 0.717) is 11.7 Å². The molecule has 0 N–H and O–H groups in total. The fraction of sp³-hybridized carbons (Fsp3) is 0.261. The van der Waals surface area contributed by atoms with E-state index in [4.69, 9.17) is 5.10 Å². The predicted octanol–water partition coefficient (Wildman–Crippen LogP) is 4.91. The molecule has 2 aliphatic heterocycles. The Hall–Kier alpha value is -2.66. The van der Waals surface area contributed by atoms with Crippen LogP contribution in [0.5, 0.6) is 0 Å². The average molecular weight is 388 g/mol. The van der Waals surface area contributed by atoms with E-state index in [-0.39, 0.29) is 11.9 Å². The number of allylic oxidation sites excluding steroid dienone is 1. The van der Waals surface area contributed by atoms with Gasteiger partial charge in [0.05, 0.1) is 17.5 Å². The Balaban J connectivity index is 1.57. The number of nitrogens with zero attached hydrogens (tertiary/aromatic N) is 3. The Labute approximate surface area is 169 Å². The highest BCUT2D eigenvalue weighted by Gasteiger charge is 2.43. The second-order valence-electron chi connectivity index (χ2n) is 7.34. The van der Waals surface area contributed by atoms with E-state index < -0.39 is 0 Å². The maximum absolute atomic E-state index is 11.8. The molecule has 5 heteroatoms. The van der Waals surface area contributed by atoms with Crippen molar-refractivity contribution in [2.45, 2.75) is 25.3 Å². The summed E-state index contributed by atoms with van der Waals surface area (Å²) in [4.78, 5) is 16.0. The van der Waals surface area contributed by atoms with Gasteiger partial charge in [0.2, 0.25) is 0 Å². The number of rotatable bonds is 2. The van der Waals surface area contributed by atoms with E-state index in [2.05, 4.69) is 59.6 Å². The molecule has 3 aliphatic rings. The van der Waals surface area contributed by atoms with Crippen molar-refractivity contribution in [3.8, 4) is 0 Å². The van der Waals surface area contributed by atoms with Gasteiger partial charge in [-0.3, -0.25) is 4.79 Å². The van der Waals surface area contributed by atoms with Crippen molar-refractivity contribution in [2.75, 3.05) is 5.75 Å². The van der Waals surface area contributed by atoms with Crippen LogP contribution in [0.4, 0.5) is 0 Å². The normalized spacial score (nSPS) is 25.6. The fourth-order valence-electron chi connectivity index (χ4n) is 4.31. The zero-order valence-electron chi connectivity index (χ0n) is 15.5. The summed E-state index contributed by atoms with van der Waals surface area (Å²) in [5.74, 6) is 0.669. The number of benzene rings is 2.